The first-order valence-electron chi connectivity index (χ1n) is 4.04. The van der Waals surface area contributed by atoms with E-state index in [9.17, 15) is 4.79 Å². The van der Waals surface area contributed by atoms with E-state index in [1.807, 2.05) is 28.7 Å². The van der Waals surface area contributed by atoms with Crippen molar-refractivity contribution >= 4 is 28.6 Å². The van der Waals surface area contributed by atoms with Gasteiger partial charge in [-0.1, -0.05) is 0 Å². The fourth-order valence-corrected chi connectivity index (χ4v) is 1.74. The second-order valence-corrected chi connectivity index (χ2v) is 3.86. The maximum absolute atomic E-state index is 10.8. The topological polar surface area (TPSA) is 59.3 Å². The molecular weight excluding hydrogens is 309 g/mol. The van der Waals surface area contributed by atoms with Crippen LogP contribution in [0.5, 0.6) is 11.5 Å². The molecule has 0 N–H and O–H groups in total. The lowest BCUT2D eigenvalue weighted by Gasteiger charge is -2.09. The van der Waals surface area contributed by atoms with Crippen LogP contribution in [0.15, 0.2) is 12.1 Å². The number of ether oxygens (including phenoxy) is 2. The van der Waals surface area contributed by atoms with Crippen LogP contribution in [-0.2, 0) is 4.79 Å². The van der Waals surface area contributed by atoms with Gasteiger partial charge in [0.15, 0.2) is 11.5 Å². The SMILES string of the molecule is COc1cc(C#N)cc(I)c1OC(C)=O. The van der Waals surface area contributed by atoms with Crippen LogP contribution >= 0.6 is 22.6 Å². The Morgan fingerprint density at radius 1 is 1.53 bits per heavy atom. The van der Waals surface area contributed by atoms with Crippen LogP contribution in [0, 0.1) is 14.9 Å². The van der Waals surface area contributed by atoms with Crippen LogP contribution in [0.1, 0.15) is 12.5 Å². The third kappa shape index (κ3) is 2.83. The van der Waals surface area contributed by atoms with Crippen molar-refractivity contribution < 1.29 is 14.3 Å². The normalized spacial score (nSPS) is 9.20. The molecule has 0 unspecified atom stereocenters. The average Bonchev–Trinajstić information content (AvgIpc) is 2.20. The maximum Gasteiger partial charge on any atom is 0.308 e. The summed E-state index contributed by atoms with van der Waals surface area (Å²) in [7, 11) is 1.46. The molecular formula is C10H8INO3. The number of rotatable bonds is 2. The van der Waals surface area contributed by atoms with Gasteiger partial charge in [-0.25, -0.2) is 0 Å². The van der Waals surface area contributed by atoms with Gasteiger partial charge in [-0.2, -0.15) is 5.26 Å². The molecule has 78 valence electrons. The lowest BCUT2D eigenvalue weighted by molar-refractivity contribution is -0.132. The first-order valence-corrected chi connectivity index (χ1v) is 5.12. The fourth-order valence-electron chi connectivity index (χ4n) is 1.03. The minimum absolute atomic E-state index is 0.351. The van der Waals surface area contributed by atoms with Gasteiger partial charge in [0.1, 0.15) is 0 Å². The third-order valence-corrected chi connectivity index (χ3v) is 2.41. The standard InChI is InChI=1S/C10H8INO3/c1-6(13)15-10-8(11)3-7(5-12)4-9(10)14-2/h3-4H,1-2H3. The molecule has 0 aliphatic heterocycles. The molecule has 0 spiro atoms. The number of nitrogens with zero attached hydrogens (tertiary/aromatic N) is 1. The highest BCUT2D eigenvalue weighted by molar-refractivity contribution is 14.1. The number of carbonyl (C=O) groups excluding carboxylic acids is 1. The molecule has 5 heteroatoms. The van der Waals surface area contributed by atoms with E-state index in [0.29, 0.717) is 20.6 Å². The predicted octanol–water partition coefficient (Wildman–Crippen LogP) is 2.10. The van der Waals surface area contributed by atoms with Crippen molar-refractivity contribution in [1.29, 1.82) is 5.26 Å². The van der Waals surface area contributed by atoms with E-state index in [1.165, 1.54) is 20.1 Å². The van der Waals surface area contributed by atoms with Crippen molar-refractivity contribution in [2.45, 2.75) is 6.92 Å². The molecule has 0 saturated carbocycles. The van der Waals surface area contributed by atoms with E-state index in [2.05, 4.69) is 0 Å². The van der Waals surface area contributed by atoms with Gasteiger partial charge in [-0.3, -0.25) is 4.79 Å². The molecule has 15 heavy (non-hydrogen) atoms. The zero-order valence-corrected chi connectivity index (χ0v) is 10.4. The van der Waals surface area contributed by atoms with E-state index >= 15 is 0 Å². The molecule has 0 saturated heterocycles. The molecule has 0 radical (unpaired) electrons. The van der Waals surface area contributed by atoms with E-state index in [1.54, 1.807) is 6.07 Å². The monoisotopic (exact) mass is 317 g/mol. The molecule has 1 rings (SSSR count). The van der Waals surface area contributed by atoms with E-state index < -0.39 is 5.97 Å². The highest BCUT2D eigenvalue weighted by atomic mass is 127. The summed E-state index contributed by atoms with van der Waals surface area (Å²) < 4.78 is 10.7. The molecule has 0 fully saturated rings. The van der Waals surface area contributed by atoms with E-state index in [4.69, 9.17) is 14.7 Å². The van der Waals surface area contributed by atoms with Crippen molar-refractivity contribution in [3.63, 3.8) is 0 Å². The second-order valence-electron chi connectivity index (χ2n) is 2.69. The van der Waals surface area contributed by atoms with Gasteiger partial charge in [0, 0.05) is 13.0 Å². The highest BCUT2D eigenvalue weighted by Gasteiger charge is 2.13. The molecule has 0 aliphatic rings. The minimum atomic E-state index is -0.420. The van der Waals surface area contributed by atoms with Crippen LogP contribution < -0.4 is 9.47 Å². The van der Waals surface area contributed by atoms with E-state index in [-0.39, 0.29) is 0 Å². The number of nitriles is 1. The molecule has 0 aromatic heterocycles. The number of halogens is 1. The summed E-state index contributed by atoms with van der Waals surface area (Å²) >= 11 is 1.98. The summed E-state index contributed by atoms with van der Waals surface area (Å²) in [6, 6.07) is 5.15. The smallest absolute Gasteiger partial charge is 0.308 e. The lowest BCUT2D eigenvalue weighted by Crippen LogP contribution is -2.05. The molecule has 0 bridgehead atoms. The first-order chi connectivity index (χ1) is 7.08. The molecule has 0 amide bonds. The number of carbonyl (C=O) groups is 1. The zero-order valence-electron chi connectivity index (χ0n) is 8.20. The summed E-state index contributed by atoms with van der Waals surface area (Å²) in [6.45, 7) is 1.31. The first kappa shape index (κ1) is 11.8. The number of methoxy groups -OCH3 is 1. The molecule has 4 nitrogen and oxygen atoms in total. The van der Waals surface area contributed by atoms with Crippen molar-refractivity contribution in [3.05, 3.63) is 21.3 Å². The van der Waals surface area contributed by atoms with Gasteiger partial charge in [-0.05, 0) is 28.7 Å². The predicted molar refractivity (Wildman–Crippen MR) is 61.7 cm³/mol. The van der Waals surface area contributed by atoms with Crippen molar-refractivity contribution in [3.8, 4) is 17.6 Å². The van der Waals surface area contributed by atoms with Crippen molar-refractivity contribution in [1.82, 2.24) is 0 Å². The van der Waals surface area contributed by atoms with Crippen LogP contribution in [-0.4, -0.2) is 13.1 Å². The van der Waals surface area contributed by atoms with Gasteiger partial charge < -0.3 is 9.47 Å². The number of hydrogen-bond donors (Lipinski definition) is 0. The Morgan fingerprint density at radius 3 is 2.67 bits per heavy atom. The minimum Gasteiger partial charge on any atom is -0.493 e. The van der Waals surface area contributed by atoms with E-state index in [0.717, 1.165) is 0 Å². The summed E-state index contributed by atoms with van der Waals surface area (Å²) in [4.78, 5) is 10.8. The largest absolute Gasteiger partial charge is 0.493 e. The highest BCUT2D eigenvalue weighted by Crippen LogP contribution is 2.33. The van der Waals surface area contributed by atoms with Gasteiger partial charge in [0.2, 0.25) is 0 Å². The number of hydrogen-bond acceptors (Lipinski definition) is 4. The van der Waals surface area contributed by atoms with Crippen LogP contribution in [0.3, 0.4) is 0 Å². The fraction of sp³-hybridized carbons (Fsp3) is 0.200. The average molecular weight is 317 g/mol. The molecule has 1 aromatic rings. The van der Waals surface area contributed by atoms with Crippen LogP contribution in [0.25, 0.3) is 0 Å². The molecule has 1 aromatic carbocycles. The number of benzene rings is 1. The van der Waals surface area contributed by atoms with Crippen LogP contribution in [0.2, 0.25) is 0 Å². The summed E-state index contributed by atoms with van der Waals surface area (Å²) in [5.74, 6) is 0.314. The second kappa shape index (κ2) is 4.98. The Bertz CT molecular complexity index is 437. The van der Waals surface area contributed by atoms with Crippen molar-refractivity contribution in [2.75, 3.05) is 7.11 Å². The number of esters is 1. The summed E-state index contributed by atoms with van der Waals surface area (Å²) in [5.41, 5.74) is 0.465. The quantitative estimate of drug-likeness (QED) is 0.476. The Hall–Kier alpha value is -1.29. The maximum atomic E-state index is 10.8. The van der Waals surface area contributed by atoms with Gasteiger partial charge in [0.05, 0.1) is 22.3 Å². The third-order valence-electron chi connectivity index (χ3n) is 1.60. The Kier molecular flexibility index (Phi) is 3.91. The Labute approximate surface area is 101 Å². The van der Waals surface area contributed by atoms with Crippen molar-refractivity contribution in [2.24, 2.45) is 0 Å². The zero-order chi connectivity index (χ0) is 11.4. The van der Waals surface area contributed by atoms with Gasteiger partial charge >= 0.3 is 5.97 Å². The summed E-state index contributed by atoms with van der Waals surface area (Å²) in [6.07, 6.45) is 0. The Balaban J connectivity index is 3.25. The lowest BCUT2D eigenvalue weighted by atomic mass is 10.2. The van der Waals surface area contributed by atoms with Gasteiger partial charge in [0.25, 0.3) is 0 Å². The van der Waals surface area contributed by atoms with Gasteiger partial charge in [-0.15, -0.1) is 0 Å². The molecule has 0 heterocycles. The van der Waals surface area contributed by atoms with Crippen LogP contribution in [0.4, 0.5) is 0 Å². The Morgan fingerprint density at radius 2 is 2.20 bits per heavy atom. The summed E-state index contributed by atoms with van der Waals surface area (Å²) in [5, 5.41) is 8.74. The molecule has 0 atom stereocenters. The molecule has 0 aliphatic carbocycles.